The van der Waals surface area contributed by atoms with Crippen LogP contribution >= 0.6 is 0 Å². The van der Waals surface area contributed by atoms with Gasteiger partial charge in [0, 0.05) is 18.2 Å². The molecule has 0 unspecified atom stereocenters. The van der Waals surface area contributed by atoms with Gasteiger partial charge in [-0.15, -0.1) is 0 Å². The first-order valence-corrected chi connectivity index (χ1v) is 6.54. The summed E-state index contributed by atoms with van der Waals surface area (Å²) in [4.78, 5) is 2.21. The van der Waals surface area contributed by atoms with Crippen molar-refractivity contribution >= 4 is 0 Å². The van der Waals surface area contributed by atoms with Crippen LogP contribution in [0.5, 0.6) is 11.5 Å². The fourth-order valence-electron chi connectivity index (χ4n) is 2.50. The van der Waals surface area contributed by atoms with E-state index in [1.165, 1.54) is 0 Å². The number of phenols is 1. The minimum absolute atomic E-state index is 0.186. The molecule has 4 heteroatoms. The average Bonchev–Trinajstić information content (AvgIpc) is 2.82. The molecule has 1 fully saturated rings. The van der Waals surface area contributed by atoms with Crippen molar-refractivity contribution in [2.45, 2.75) is 32.4 Å². The van der Waals surface area contributed by atoms with Crippen LogP contribution in [0.15, 0.2) is 18.2 Å². The maximum Gasteiger partial charge on any atom is 0.162 e. The summed E-state index contributed by atoms with van der Waals surface area (Å²) < 4.78 is 5.38. The van der Waals surface area contributed by atoms with Crippen molar-refractivity contribution in [1.29, 1.82) is 0 Å². The lowest BCUT2D eigenvalue weighted by Crippen LogP contribution is -2.31. The maximum absolute atomic E-state index is 10.1. The minimum Gasteiger partial charge on any atom is -0.504 e. The number of para-hydroxylation sites is 1. The van der Waals surface area contributed by atoms with Crippen LogP contribution in [-0.4, -0.2) is 40.9 Å². The molecule has 1 atom stereocenters. The van der Waals surface area contributed by atoms with Gasteiger partial charge in [-0.1, -0.05) is 12.1 Å². The van der Waals surface area contributed by atoms with E-state index < -0.39 is 0 Å². The first-order chi connectivity index (χ1) is 8.76. The topological polar surface area (TPSA) is 52.9 Å². The van der Waals surface area contributed by atoms with Gasteiger partial charge < -0.3 is 14.9 Å². The molecule has 1 aliphatic heterocycles. The molecular formula is C14H21NO3. The zero-order valence-corrected chi connectivity index (χ0v) is 10.8. The molecule has 1 saturated heterocycles. The molecule has 0 spiro atoms. The normalized spacial score (nSPS) is 20.2. The zero-order valence-electron chi connectivity index (χ0n) is 10.8. The van der Waals surface area contributed by atoms with E-state index in [9.17, 15) is 10.2 Å². The fourth-order valence-corrected chi connectivity index (χ4v) is 2.50. The molecule has 1 aliphatic rings. The van der Waals surface area contributed by atoms with E-state index >= 15 is 0 Å². The molecule has 2 N–H and O–H groups in total. The Hall–Kier alpha value is -1.26. The van der Waals surface area contributed by atoms with Crippen molar-refractivity contribution in [2.75, 3.05) is 19.8 Å². The summed E-state index contributed by atoms with van der Waals surface area (Å²) >= 11 is 0. The number of nitrogens with zero attached hydrogens (tertiary/aromatic N) is 1. The third kappa shape index (κ3) is 2.76. The van der Waals surface area contributed by atoms with E-state index in [-0.39, 0.29) is 18.4 Å². The van der Waals surface area contributed by atoms with Gasteiger partial charge in [-0.25, -0.2) is 0 Å². The molecule has 2 rings (SSSR count). The summed E-state index contributed by atoms with van der Waals surface area (Å²) in [5.74, 6) is 0.762. The Kier molecular flexibility index (Phi) is 4.44. The van der Waals surface area contributed by atoms with E-state index in [0.29, 0.717) is 18.9 Å². The molecular weight excluding hydrogens is 230 g/mol. The number of benzene rings is 1. The second-order valence-electron chi connectivity index (χ2n) is 4.65. The number of likely N-dealkylation sites (tertiary alicyclic amines) is 1. The van der Waals surface area contributed by atoms with Crippen LogP contribution in [0.2, 0.25) is 0 Å². The highest BCUT2D eigenvalue weighted by atomic mass is 16.5. The van der Waals surface area contributed by atoms with Gasteiger partial charge in [-0.05, 0) is 32.4 Å². The Morgan fingerprint density at radius 3 is 3.00 bits per heavy atom. The smallest absolute Gasteiger partial charge is 0.162 e. The van der Waals surface area contributed by atoms with E-state index in [2.05, 4.69) is 4.90 Å². The molecule has 1 aromatic rings. The minimum atomic E-state index is 0.186. The lowest BCUT2D eigenvalue weighted by Gasteiger charge is -2.23. The number of hydrogen-bond acceptors (Lipinski definition) is 4. The molecule has 0 aromatic heterocycles. The number of aromatic hydroxyl groups is 1. The molecule has 1 heterocycles. The van der Waals surface area contributed by atoms with Crippen LogP contribution < -0.4 is 4.74 Å². The largest absolute Gasteiger partial charge is 0.504 e. The van der Waals surface area contributed by atoms with Gasteiger partial charge >= 0.3 is 0 Å². The number of phenolic OH excluding ortho intramolecular Hbond substituents is 1. The van der Waals surface area contributed by atoms with Crippen LogP contribution in [0.25, 0.3) is 0 Å². The fraction of sp³-hybridized carbons (Fsp3) is 0.571. The lowest BCUT2D eigenvalue weighted by atomic mass is 10.1. The summed E-state index contributed by atoms with van der Waals surface area (Å²) in [7, 11) is 0. The zero-order chi connectivity index (χ0) is 13.0. The molecule has 0 saturated carbocycles. The SMILES string of the molecule is CCOc1cccc(CN2CCC[C@@H]2CO)c1O. The van der Waals surface area contributed by atoms with E-state index in [1.807, 2.05) is 19.1 Å². The molecule has 4 nitrogen and oxygen atoms in total. The third-order valence-corrected chi connectivity index (χ3v) is 3.47. The van der Waals surface area contributed by atoms with Gasteiger partial charge in [0.2, 0.25) is 0 Å². The standard InChI is InChI=1S/C14H21NO3/c1-2-18-13-7-3-5-11(14(13)17)9-15-8-4-6-12(15)10-16/h3,5,7,12,16-17H,2,4,6,8-10H2,1H3/t12-/m1/s1. The van der Waals surface area contributed by atoms with Gasteiger partial charge in [0.05, 0.1) is 13.2 Å². The molecule has 0 amide bonds. The van der Waals surface area contributed by atoms with Gasteiger partial charge in [0.15, 0.2) is 11.5 Å². The van der Waals surface area contributed by atoms with Crippen LogP contribution in [-0.2, 0) is 6.54 Å². The quantitative estimate of drug-likeness (QED) is 0.837. The van der Waals surface area contributed by atoms with Crippen molar-refractivity contribution in [1.82, 2.24) is 4.90 Å². The third-order valence-electron chi connectivity index (χ3n) is 3.47. The summed E-state index contributed by atoms with van der Waals surface area (Å²) in [6.45, 7) is 4.27. The average molecular weight is 251 g/mol. The van der Waals surface area contributed by atoms with Crippen molar-refractivity contribution < 1.29 is 14.9 Å². The van der Waals surface area contributed by atoms with Crippen molar-refractivity contribution in [3.8, 4) is 11.5 Å². The Morgan fingerprint density at radius 1 is 1.44 bits per heavy atom. The number of aliphatic hydroxyl groups is 1. The predicted molar refractivity (Wildman–Crippen MR) is 69.8 cm³/mol. The molecule has 1 aromatic carbocycles. The maximum atomic E-state index is 10.1. The van der Waals surface area contributed by atoms with Crippen LogP contribution in [0, 0.1) is 0 Å². The first kappa shape index (κ1) is 13.2. The van der Waals surface area contributed by atoms with Gasteiger partial charge in [0.25, 0.3) is 0 Å². The highest BCUT2D eigenvalue weighted by molar-refractivity contribution is 5.45. The highest BCUT2D eigenvalue weighted by Crippen LogP contribution is 2.32. The van der Waals surface area contributed by atoms with Gasteiger partial charge in [-0.3, -0.25) is 4.90 Å². The molecule has 100 valence electrons. The van der Waals surface area contributed by atoms with Crippen molar-refractivity contribution in [2.24, 2.45) is 0 Å². The van der Waals surface area contributed by atoms with E-state index in [0.717, 1.165) is 24.9 Å². The van der Waals surface area contributed by atoms with Crippen LogP contribution in [0.3, 0.4) is 0 Å². The van der Waals surface area contributed by atoms with E-state index in [4.69, 9.17) is 4.74 Å². The molecule has 0 bridgehead atoms. The Labute approximate surface area is 108 Å². The second-order valence-corrected chi connectivity index (χ2v) is 4.65. The number of hydrogen-bond donors (Lipinski definition) is 2. The number of ether oxygens (including phenoxy) is 1. The summed E-state index contributed by atoms with van der Waals surface area (Å²) in [6.07, 6.45) is 2.14. The van der Waals surface area contributed by atoms with Crippen LogP contribution in [0.4, 0.5) is 0 Å². The summed E-state index contributed by atoms with van der Waals surface area (Å²) in [5.41, 5.74) is 0.862. The lowest BCUT2D eigenvalue weighted by molar-refractivity contribution is 0.152. The first-order valence-electron chi connectivity index (χ1n) is 6.54. The molecule has 0 aliphatic carbocycles. The van der Waals surface area contributed by atoms with Crippen LogP contribution in [0.1, 0.15) is 25.3 Å². The summed E-state index contributed by atoms with van der Waals surface area (Å²) in [6, 6.07) is 5.80. The van der Waals surface area contributed by atoms with E-state index in [1.54, 1.807) is 6.07 Å². The Balaban J connectivity index is 2.11. The van der Waals surface area contributed by atoms with Crippen molar-refractivity contribution in [3.05, 3.63) is 23.8 Å². The molecule has 18 heavy (non-hydrogen) atoms. The van der Waals surface area contributed by atoms with Crippen molar-refractivity contribution in [3.63, 3.8) is 0 Å². The number of rotatable bonds is 5. The Bertz CT molecular complexity index is 395. The second kappa shape index (κ2) is 6.07. The van der Waals surface area contributed by atoms with Gasteiger partial charge in [0.1, 0.15) is 0 Å². The molecule has 0 radical (unpaired) electrons. The van der Waals surface area contributed by atoms with Gasteiger partial charge in [-0.2, -0.15) is 0 Å². The summed E-state index contributed by atoms with van der Waals surface area (Å²) in [5, 5.41) is 19.4. The predicted octanol–water partition coefficient (Wildman–Crippen LogP) is 1.75. The Morgan fingerprint density at radius 2 is 2.28 bits per heavy atom. The highest BCUT2D eigenvalue weighted by Gasteiger charge is 2.24. The monoisotopic (exact) mass is 251 g/mol. The number of aliphatic hydroxyl groups excluding tert-OH is 1.